The summed E-state index contributed by atoms with van der Waals surface area (Å²) in [5.41, 5.74) is 0.656. The van der Waals surface area contributed by atoms with Crippen LogP contribution in [0.2, 0.25) is 0 Å². The second kappa shape index (κ2) is 8.02. The Morgan fingerprint density at radius 1 is 1.40 bits per heavy atom. The number of hydrogen-bond acceptors (Lipinski definition) is 2. The third-order valence-corrected chi connectivity index (χ3v) is 1.59. The van der Waals surface area contributed by atoms with Crippen molar-refractivity contribution in [2.24, 2.45) is 0 Å². The molecular weight excluding hydrogens is 183 g/mol. The average molecular weight is 204 g/mol. The van der Waals surface area contributed by atoms with Crippen molar-refractivity contribution in [1.29, 1.82) is 0 Å². The van der Waals surface area contributed by atoms with E-state index in [1.807, 2.05) is 27.7 Å². The summed E-state index contributed by atoms with van der Waals surface area (Å²) in [6.45, 7) is 11.3. The quantitative estimate of drug-likeness (QED) is 0.284. The van der Waals surface area contributed by atoms with Gasteiger partial charge in [0.2, 0.25) is 0 Å². The summed E-state index contributed by atoms with van der Waals surface area (Å²) in [5.74, 6) is -0.251. The van der Waals surface area contributed by atoms with Crippen molar-refractivity contribution in [2.45, 2.75) is 52.6 Å². The zero-order valence-electron chi connectivity index (χ0n) is 10.7. The van der Waals surface area contributed by atoms with Gasteiger partial charge in [-0.05, 0) is 34.1 Å². The summed E-state index contributed by atoms with van der Waals surface area (Å²) >= 11 is 0. The van der Waals surface area contributed by atoms with E-state index < -0.39 is 5.60 Å². The molecule has 0 unspecified atom stereocenters. The number of ether oxygens (including phenoxy) is 1. The first-order chi connectivity index (χ1) is 6.35. The van der Waals surface area contributed by atoms with Crippen LogP contribution in [-0.2, 0) is 9.53 Å². The molecule has 0 spiro atoms. The van der Waals surface area contributed by atoms with Crippen LogP contribution in [0.1, 0.15) is 47.0 Å². The first kappa shape index (κ1) is 17.2. The molecule has 2 nitrogen and oxygen atoms in total. The predicted octanol–water partition coefficient (Wildman–Crippen LogP) is 0.283. The van der Waals surface area contributed by atoms with Gasteiger partial charge in [0.15, 0.2) is 0 Å². The van der Waals surface area contributed by atoms with Crippen LogP contribution in [0.3, 0.4) is 0 Å². The van der Waals surface area contributed by atoms with Crippen LogP contribution in [0.4, 0.5) is 0 Å². The van der Waals surface area contributed by atoms with Crippen LogP contribution in [0.5, 0.6) is 0 Å². The van der Waals surface area contributed by atoms with E-state index >= 15 is 0 Å². The summed E-state index contributed by atoms with van der Waals surface area (Å²) in [6.07, 6.45) is 4.41. The third kappa shape index (κ3) is 11.7. The largest absolute Gasteiger partial charge is 1.00 e. The van der Waals surface area contributed by atoms with Gasteiger partial charge in [0.25, 0.3) is 0 Å². The smallest absolute Gasteiger partial charge is 0.457 e. The van der Waals surface area contributed by atoms with Crippen LogP contribution in [0.15, 0.2) is 11.6 Å². The molecule has 0 saturated heterocycles. The van der Waals surface area contributed by atoms with Crippen LogP contribution in [0.25, 0.3) is 0 Å². The van der Waals surface area contributed by atoms with Gasteiger partial charge < -0.3 is 11.7 Å². The number of hydrogen-bond donors (Lipinski definition) is 0. The van der Waals surface area contributed by atoms with Crippen molar-refractivity contribution in [3.63, 3.8) is 0 Å². The number of esters is 1. The molecule has 0 fully saturated rings. The van der Waals surface area contributed by atoms with E-state index in [1.165, 1.54) is 0 Å². The van der Waals surface area contributed by atoms with E-state index in [2.05, 4.69) is 6.92 Å². The zero-order chi connectivity index (χ0) is 11.2. The fourth-order valence-electron chi connectivity index (χ4n) is 1.01. The van der Waals surface area contributed by atoms with E-state index in [-0.39, 0.29) is 24.8 Å². The molecule has 0 aliphatic heterocycles. The molecule has 3 heteroatoms. The SMILES string of the molecule is [CH2-]CCC/C(C)=C/C(=O)OC(C)(C)C.[Li+]. The predicted molar refractivity (Wildman–Crippen MR) is 58.8 cm³/mol. The van der Waals surface area contributed by atoms with Crippen LogP contribution < -0.4 is 18.9 Å². The van der Waals surface area contributed by atoms with Gasteiger partial charge in [0, 0.05) is 6.08 Å². The first-order valence-corrected chi connectivity index (χ1v) is 5.04. The van der Waals surface area contributed by atoms with Crippen LogP contribution in [0, 0.1) is 6.92 Å². The summed E-state index contributed by atoms with van der Waals surface area (Å²) in [7, 11) is 0. The van der Waals surface area contributed by atoms with Crippen molar-refractivity contribution in [1.82, 2.24) is 0 Å². The Morgan fingerprint density at radius 3 is 2.33 bits per heavy atom. The van der Waals surface area contributed by atoms with Crippen molar-refractivity contribution >= 4 is 5.97 Å². The molecule has 0 N–H and O–H groups in total. The monoisotopic (exact) mass is 204 g/mol. The summed E-state index contributed by atoms with van der Waals surface area (Å²) in [6, 6.07) is 0. The second-order valence-corrected chi connectivity index (χ2v) is 4.48. The van der Waals surface area contributed by atoms with E-state index in [0.717, 1.165) is 24.8 Å². The number of carbonyl (C=O) groups is 1. The Balaban J connectivity index is 0. The maximum absolute atomic E-state index is 11.3. The molecule has 82 valence electrons. The van der Waals surface area contributed by atoms with E-state index in [9.17, 15) is 4.79 Å². The van der Waals surface area contributed by atoms with Crippen LogP contribution >= 0.6 is 0 Å². The minimum atomic E-state index is -0.403. The van der Waals surface area contributed by atoms with Crippen molar-refractivity contribution in [3.8, 4) is 0 Å². The van der Waals surface area contributed by atoms with Gasteiger partial charge in [-0.15, -0.1) is 0 Å². The molecule has 0 radical (unpaired) electrons. The Morgan fingerprint density at radius 2 is 1.93 bits per heavy atom. The molecule has 0 aromatic carbocycles. The van der Waals surface area contributed by atoms with E-state index in [4.69, 9.17) is 4.74 Å². The molecule has 0 aromatic heterocycles. The van der Waals surface area contributed by atoms with Gasteiger partial charge in [0.1, 0.15) is 5.60 Å². The first-order valence-electron chi connectivity index (χ1n) is 5.04. The molecule has 0 atom stereocenters. The molecule has 0 heterocycles. The van der Waals surface area contributed by atoms with Crippen molar-refractivity contribution < 1.29 is 28.4 Å². The fourth-order valence-corrected chi connectivity index (χ4v) is 1.01. The number of allylic oxidation sites excluding steroid dienone is 1. The molecule has 0 aliphatic carbocycles. The molecule has 0 rings (SSSR count). The van der Waals surface area contributed by atoms with Crippen molar-refractivity contribution in [3.05, 3.63) is 18.6 Å². The third-order valence-electron chi connectivity index (χ3n) is 1.59. The molecule has 0 aliphatic rings. The summed E-state index contributed by atoms with van der Waals surface area (Å²) in [5, 5.41) is 0. The minimum Gasteiger partial charge on any atom is -0.457 e. The minimum absolute atomic E-state index is 0. The Bertz CT molecular complexity index is 214. The summed E-state index contributed by atoms with van der Waals surface area (Å²) < 4.78 is 5.16. The van der Waals surface area contributed by atoms with E-state index in [0.29, 0.717) is 0 Å². The molecule has 15 heavy (non-hydrogen) atoms. The molecule has 0 aromatic rings. The Kier molecular flexibility index (Phi) is 9.20. The zero-order valence-corrected chi connectivity index (χ0v) is 10.7. The normalized spacial score (nSPS) is 11.9. The van der Waals surface area contributed by atoms with Crippen molar-refractivity contribution in [2.75, 3.05) is 0 Å². The van der Waals surface area contributed by atoms with Gasteiger partial charge in [-0.25, -0.2) is 4.79 Å². The molecular formula is C12H21LiO2. The maximum Gasteiger partial charge on any atom is 1.00 e. The second-order valence-electron chi connectivity index (χ2n) is 4.48. The number of carbonyl (C=O) groups excluding carboxylic acids is 1. The van der Waals surface area contributed by atoms with Gasteiger partial charge in [-0.3, -0.25) is 0 Å². The van der Waals surface area contributed by atoms with E-state index in [1.54, 1.807) is 6.08 Å². The average Bonchev–Trinajstić information content (AvgIpc) is 1.96. The van der Waals surface area contributed by atoms with Crippen LogP contribution in [-0.4, -0.2) is 11.6 Å². The molecule has 0 amide bonds. The summed E-state index contributed by atoms with van der Waals surface area (Å²) in [4.78, 5) is 11.3. The molecule has 0 saturated carbocycles. The maximum atomic E-state index is 11.3. The van der Waals surface area contributed by atoms with Gasteiger partial charge in [-0.2, -0.15) is 6.42 Å². The molecule has 0 bridgehead atoms. The number of rotatable bonds is 4. The van der Waals surface area contributed by atoms with Gasteiger partial charge in [-0.1, -0.05) is 12.0 Å². The topological polar surface area (TPSA) is 26.3 Å². The standard InChI is InChI=1S/C12H21O2.Li/c1-6-7-8-10(2)9-11(13)14-12(3,4)5;/h9H,1,6-8H2,2-5H3;/q-1;+1/b10-9+;. The van der Waals surface area contributed by atoms with Gasteiger partial charge >= 0.3 is 24.8 Å². The van der Waals surface area contributed by atoms with Gasteiger partial charge in [0.05, 0.1) is 0 Å². The Labute approximate surface area is 106 Å². The number of unbranched alkanes of at least 4 members (excludes halogenated alkanes) is 1. The Hall–Kier alpha value is -0.193. The fraction of sp³-hybridized carbons (Fsp3) is 0.667.